The van der Waals surface area contributed by atoms with Crippen LogP contribution in [-0.2, 0) is 0 Å². The first-order valence-corrected chi connectivity index (χ1v) is 5.65. The van der Waals surface area contributed by atoms with Gasteiger partial charge in [0.15, 0.2) is 5.82 Å². The first-order valence-electron chi connectivity index (χ1n) is 5.65. The zero-order chi connectivity index (χ0) is 12.4. The van der Waals surface area contributed by atoms with E-state index in [4.69, 9.17) is 11.0 Å². The molecule has 0 amide bonds. The van der Waals surface area contributed by atoms with Gasteiger partial charge >= 0.3 is 0 Å². The summed E-state index contributed by atoms with van der Waals surface area (Å²) in [6.45, 7) is 0.833. The lowest BCUT2D eigenvalue weighted by atomic mass is 9.82. The average molecular weight is 232 g/mol. The number of hydrogen-bond acceptors (Lipinski definition) is 5. The number of rotatable bonds is 3. The maximum Gasteiger partial charge on any atom is 0.151 e. The van der Waals surface area contributed by atoms with Crippen molar-refractivity contribution in [2.24, 2.45) is 5.92 Å². The van der Waals surface area contributed by atoms with Gasteiger partial charge in [-0.25, -0.2) is 4.98 Å². The van der Waals surface area contributed by atoms with Crippen molar-refractivity contribution < 1.29 is 5.11 Å². The number of nitrogens with zero attached hydrogens (tertiary/aromatic N) is 3. The zero-order valence-electron chi connectivity index (χ0n) is 9.80. The first kappa shape index (κ1) is 11.7. The van der Waals surface area contributed by atoms with E-state index in [-0.39, 0.29) is 6.10 Å². The molecule has 1 saturated carbocycles. The van der Waals surface area contributed by atoms with Crippen molar-refractivity contribution in [2.45, 2.75) is 18.9 Å². The van der Waals surface area contributed by atoms with Crippen LogP contribution in [0.15, 0.2) is 12.3 Å². The average Bonchev–Trinajstić information content (AvgIpc) is 2.26. The molecule has 0 atom stereocenters. The smallest absolute Gasteiger partial charge is 0.151 e. The highest BCUT2D eigenvalue weighted by molar-refractivity contribution is 5.64. The summed E-state index contributed by atoms with van der Waals surface area (Å²) >= 11 is 0. The van der Waals surface area contributed by atoms with E-state index in [0.717, 1.165) is 19.4 Å². The second-order valence-electron chi connectivity index (χ2n) is 4.62. The van der Waals surface area contributed by atoms with Gasteiger partial charge in [-0.15, -0.1) is 0 Å². The topological polar surface area (TPSA) is 86.2 Å². The maximum atomic E-state index is 9.23. The van der Waals surface area contributed by atoms with E-state index in [1.165, 1.54) is 6.20 Å². The molecule has 0 unspecified atom stereocenters. The van der Waals surface area contributed by atoms with Crippen molar-refractivity contribution in [1.29, 1.82) is 5.26 Å². The molecule has 90 valence electrons. The molecule has 1 aliphatic rings. The van der Waals surface area contributed by atoms with Crippen LogP contribution in [0.5, 0.6) is 0 Å². The van der Waals surface area contributed by atoms with Gasteiger partial charge in [0.1, 0.15) is 6.07 Å². The summed E-state index contributed by atoms with van der Waals surface area (Å²) in [5.41, 5.74) is 6.85. The summed E-state index contributed by atoms with van der Waals surface area (Å²) < 4.78 is 0. The van der Waals surface area contributed by atoms with E-state index in [0.29, 0.717) is 23.0 Å². The molecule has 5 nitrogen and oxygen atoms in total. The minimum absolute atomic E-state index is 0.139. The fourth-order valence-corrected chi connectivity index (χ4v) is 2.18. The molecule has 0 bridgehead atoms. The number of aliphatic hydroxyl groups is 1. The van der Waals surface area contributed by atoms with E-state index in [9.17, 15) is 5.11 Å². The number of nitrogen functional groups attached to an aromatic ring is 1. The van der Waals surface area contributed by atoms with Crippen molar-refractivity contribution in [1.82, 2.24) is 4.98 Å². The minimum atomic E-state index is -0.139. The Morgan fingerprint density at radius 1 is 1.65 bits per heavy atom. The van der Waals surface area contributed by atoms with Gasteiger partial charge in [0, 0.05) is 19.8 Å². The number of hydrogen-bond donors (Lipinski definition) is 2. The number of anilines is 2. The molecule has 0 aromatic carbocycles. The number of pyridine rings is 1. The Balaban J connectivity index is 2.04. The third-order valence-corrected chi connectivity index (χ3v) is 3.13. The molecule has 2 rings (SSSR count). The summed E-state index contributed by atoms with van der Waals surface area (Å²) in [4.78, 5) is 6.17. The molecule has 1 aromatic rings. The molecule has 1 fully saturated rings. The number of nitrogens with two attached hydrogens (primary N) is 1. The van der Waals surface area contributed by atoms with Crippen molar-refractivity contribution in [3.8, 4) is 6.07 Å². The van der Waals surface area contributed by atoms with Crippen LogP contribution in [-0.4, -0.2) is 29.8 Å². The van der Waals surface area contributed by atoms with Gasteiger partial charge in [0.2, 0.25) is 0 Å². The Kier molecular flexibility index (Phi) is 3.16. The molecular formula is C12H16N4O. The van der Waals surface area contributed by atoms with Crippen LogP contribution in [0, 0.1) is 17.2 Å². The molecule has 5 heteroatoms. The molecule has 1 aromatic heterocycles. The quantitative estimate of drug-likeness (QED) is 0.802. The molecule has 1 heterocycles. The second kappa shape index (κ2) is 4.60. The number of aliphatic hydroxyl groups excluding tert-OH is 1. The molecule has 0 radical (unpaired) electrons. The summed E-state index contributed by atoms with van der Waals surface area (Å²) in [5, 5.41) is 18.0. The maximum absolute atomic E-state index is 9.23. The Morgan fingerprint density at radius 2 is 2.35 bits per heavy atom. The lowest BCUT2D eigenvalue weighted by Crippen LogP contribution is -2.37. The Bertz CT molecular complexity index is 448. The Hall–Kier alpha value is -1.80. The van der Waals surface area contributed by atoms with Crippen LogP contribution in [0.2, 0.25) is 0 Å². The fraction of sp³-hybridized carbons (Fsp3) is 0.500. The third kappa shape index (κ3) is 2.48. The lowest BCUT2D eigenvalue weighted by Gasteiger charge is -2.35. The van der Waals surface area contributed by atoms with E-state index in [2.05, 4.69) is 4.98 Å². The van der Waals surface area contributed by atoms with Crippen molar-refractivity contribution in [2.75, 3.05) is 24.2 Å². The van der Waals surface area contributed by atoms with Crippen molar-refractivity contribution in [3.63, 3.8) is 0 Å². The standard InChI is InChI=1S/C12H16N4O/c1-16(7-8-2-10(17)3-8)12-11(14)4-9(5-13)6-15-12/h4,6,8,10,17H,2-3,7,14H2,1H3. The van der Waals surface area contributed by atoms with Crippen LogP contribution >= 0.6 is 0 Å². The van der Waals surface area contributed by atoms with Crippen molar-refractivity contribution >= 4 is 11.5 Å². The Labute approximate surface area is 100 Å². The Morgan fingerprint density at radius 3 is 2.88 bits per heavy atom. The number of nitriles is 1. The highest BCUT2D eigenvalue weighted by Crippen LogP contribution is 2.29. The van der Waals surface area contributed by atoms with Gasteiger partial charge in [0.05, 0.1) is 17.4 Å². The van der Waals surface area contributed by atoms with Crippen LogP contribution in [0.4, 0.5) is 11.5 Å². The predicted octanol–water partition coefficient (Wildman–Crippen LogP) is 0.743. The molecule has 17 heavy (non-hydrogen) atoms. The van der Waals surface area contributed by atoms with Crippen molar-refractivity contribution in [3.05, 3.63) is 17.8 Å². The monoisotopic (exact) mass is 232 g/mol. The second-order valence-corrected chi connectivity index (χ2v) is 4.62. The van der Waals surface area contributed by atoms with Crippen LogP contribution in [0.3, 0.4) is 0 Å². The van der Waals surface area contributed by atoms with Gasteiger partial charge in [-0.2, -0.15) is 5.26 Å². The largest absolute Gasteiger partial charge is 0.396 e. The van der Waals surface area contributed by atoms with Gasteiger partial charge < -0.3 is 15.7 Å². The normalized spacial score (nSPS) is 22.6. The fourth-order valence-electron chi connectivity index (χ4n) is 2.18. The van der Waals surface area contributed by atoms with E-state index in [1.807, 2.05) is 18.0 Å². The summed E-state index contributed by atoms with van der Waals surface area (Å²) in [5.74, 6) is 1.21. The zero-order valence-corrected chi connectivity index (χ0v) is 9.80. The van der Waals surface area contributed by atoms with E-state index in [1.54, 1.807) is 6.07 Å². The first-order chi connectivity index (χ1) is 8.10. The van der Waals surface area contributed by atoms with Gasteiger partial charge in [-0.1, -0.05) is 0 Å². The molecule has 0 aliphatic heterocycles. The highest BCUT2D eigenvalue weighted by atomic mass is 16.3. The SMILES string of the molecule is CN(CC1CC(O)C1)c1ncc(C#N)cc1N. The minimum Gasteiger partial charge on any atom is -0.396 e. The summed E-state index contributed by atoms with van der Waals surface area (Å²) in [6.07, 6.45) is 3.08. The third-order valence-electron chi connectivity index (χ3n) is 3.13. The van der Waals surface area contributed by atoms with Crippen LogP contribution in [0.1, 0.15) is 18.4 Å². The molecule has 0 spiro atoms. The highest BCUT2D eigenvalue weighted by Gasteiger charge is 2.28. The number of aromatic nitrogens is 1. The van der Waals surface area contributed by atoms with E-state index >= 15 is 0 Å². The van der Waals surface area contributed by atoms with Gasteiger partial charge in [-0.3, -0.25) is 0 Å². The van der Waals surface area contributed by atoms with Gasteiger partial charge in [-0.05, 0) is 24.8 Å². The van der Waals surface area contributed by atoms with E-state index < -0.39 is 0 Å². The molecular weight excluding hydrogens is 216 g/mol. The van der Waals surface area contributed by atoms with Crippen LogP contribution < -0.4 is 10.6 Å². The lowest BCUT2D eigenvalue weighted by molar-refractivity contribution is 0.0464. The summed E-state index contributed by atoms with van der Waals surface area (Å²) in [6, 6.07) is 3.64. The predicted molar refractivity (Wildman–Crippen MR) is 65.4 cm³/mol. The van der Waals surface area contributed by atoms with Crippen LogP contribution in [0.25, 0.3) is 0 Å². The van der Waals surface area contributed by atoms with Gasteiger partial charge in [0.25, 0.3) is 0 Å². The molecule has 3 N–H and O–H groups in total. The summed E-state index contributed by atoms with van der Waals surface area (Å²) in [7, 11) is 1.93. The molecule has 0 saturated heterocycles. The molecule has 1 aliphatic carbocycles.